The van der Waals surface area contributed by atoms with Crippen molar-refractivity contribution in [2.24, 2.45) is 0 Å². The molecule has 0 spiro atoms. The second-order valence-corrected chi connectivity index (χ2v) is 10.2. The van der Waals surface area contributed by atoms with Crippen LogP contribution in [0.5, 0.6) is 0 Å². The minimum atomic E-state index is -0.633. The van der Waals surface area contributed by atoms with Gasteiger partial charge < -0.3 is 19.1 Å². The maximum Gasteiger partial charge on any atom is 0.410 e. The Balaban J connectivity index is 1.51. The van der Waals surface area contributed by atoms with E-state index < -0.39 is 17.2 Å². The minimum Gasteiger partial charge on any atom is -0.444 e. The standard InChI is InChI=1S/C25H29F2N5O2/c1-15-12-30(24(33)34-25(2,3)4)7-8-31(15)22-21-20(16-5-6-16)13-32(23(21)29-14-28-22)19-10-17(26)9-18(27)11-19/h9-11,13-16H,5-8,12H2,1-4H3/t15-/m0/s1. The third kappa shape index (κ3) is 4.31. The number of hydrogen-bond donors (Lipinski definition) is 0. The van der Waals surface area contributed by atoms with Crippen molar-refractivity contribution in [2.75, 3.05) is 24.5 Å². The molecule has 180 valence electrons. The van der Waals surface area contributed by atoms with Crippen LogP contribution in [-0.4, -0.2) is 56.8 Å². The van der Waals surface area contributed by atoms with E-state index in [0.717, 1.165) is 35.7 Å². The van der Waals surface area contributed by atoms with Crippen LogP contribution in [0.4, 0.5) is 19.4 Å². The van der Waals surface area contributed by atoms with Gasteiger partial charge in [0.2, 0.25) is 0 Å². The molecule has 2 aromatic heterocycles. The lowest BCUT2D eigenvalue weighted by atomic mass is 10.1. The number of piperazine rings is 1. The predicted octanol–water partition coefficient (Wildman–Crippen LogP) is 5.02. The first kappa shape index (κ1) is 22.6. The second-order valence-electron chi connectivity index (χ2n) is 10.2. The number of aromatic nitrogens is 3. The summed E-state index contributed by atoms with van der Waals surface area (Å²) in [6.45, 7) is 9.25. The van der Waals surface area contributed by atoms with Crippen molar-refractivity contribution in [1.29, 1.82) is 0 Å². The summed E-state index contributed by atoms with van der Waals surface area (Å²) >= 11 is 0. The number of fused-ring (bicyclic) bond motifs is 1. The van der Waals surface area contributed by atoms with Crippen molar-refractivity contribution in [3.8, 4) is 5.69 Å². The molecule has 5 rings (SSSR count). The minimum absolute atomic E-state index is 0.00128. The van der Waals surface area contributed by atoms with Crippen LogP contribution in [0, 0.1) is 11.6 Å². The number of hydrogen-bond acceptors (Lipinski definition) is 5. The van der Waals surface area contributed by atoms with Crippen molar-refractivity contribution in [3.63, 3.8) is 0 Å². The van der Waals surface area contributed by atoms with Gasteiger partial charge in [-0.15, -0.1) is 0 Å². The van der Waals surface area contributed by atoms with Gasteiger partial charge >= 0.3 is 6.09 Å². The molecule has 1 saturated carbocycles. The molecule has 0 bridgehead atoms. The fraction of sp³-hybridized carbons (Fsp3) is 0.480. The molecule has 9 heteroatoms. The summed E-state index contributed by atoms with van der Waals surface area (Å²) in [7, 11) is 0. The molecule has 34 heavy (non-hydrogen) atoms. The van der Waals surface area contributed by atoms with E-state index in [2.05, 4.69) is 21.8 Å². The Morgan fingerprint density at radius 1 is 1.09 bits per heavy atom. The molecule has 1 aromatic carbocycles. The average Bonchev–Trinajstić information content (AvgIpc) is 3.51. The molecule has 0 N–H and O–H groups in total. The smallest absolute Gasteiger partial charge is 0.410 e. The van der Waals surface area contributed by atoms with E-state index >= 15 is 0 Å². The summed E-state index contributed by atoms with van der Waals surface area (Å²) in [5.74, 6) is -0.0962. The van der Waals surface area contributed by atoms with E-state index in [1.54, 1.807) is 9.47 Å². The predicted molar refractivity (Wildman–Crippen MR) is 125 cm³/mol. The topological polar surface area (TPSA) is 63.5 Å². The van der Waals surface area contributed by atoms with Crippen LogP contribution < -0.4 is 4.90 Å². The summed E-state index contributed by atoms with van der Waals surface area (Å²) in [6, 6.07) is 3.48. The van der Waals surface area contributed by atoms with Gasteiger partial charge in [-0.2, -0.15) is 0 Å². The molecular weight excluding hydrogens is 440 g/mol. The lowest BCUT2D eigenvalue weighted by molar-refractivity contribution is 0.0218. The Labute approximate surface area is 197 Å². The Bertz CT molecular complexity index is 1230. The number of benzene rings is 1. The molecule has 1 atom stereocenters. The highest BCUT2D eigenvalue weighted by molar-refractivity contribution is 5.93. The maximum atomic E-state index is 14.0. The number of anilines is 1. The molecule has 1 amide bonds. The van der Waals surface area contributed by atoms with Crippen LogP contribution >= 0.6 is 0 Å². The summed E-state index contributed by atoms with van der Waals surface area (Å²) < 4.78 is 35.3. The largest absolute Gasteiger partial charge is 0.444 e. The molecule has 0 unspecified atom stereocenters. The molecule has 7 nitrogen and oxygen atoms in total. The van der Waals surface area contributed by atoms with Gasteiger partial charge in [0.1, 0.15) is 35.0 Å². The first-order chi connectivity index (χ1) is 16.1. The van der Waals surface area contributed by atoms with Gasteiger partial charge in [-0.1, -0.05) is 0 Å². The summed E-state index contributed by atoms with van der Waals surface area (Å²) in [4.78, 5) is 25.6. The lowest BCUT2D eigenvalue weighted by Gasteiger charge is -2.41. The number of nitrogens with zero attached hydrogens (tertiary/aromatic N) is 5. The first-order valence-electron chi connectivity index (χ1n) is 11.7. The molecule has 2 aliphatic rings. The summed E-state index contributed by atoms with van der Waals surface area (Å²) in [5.41, 5.74) is 1.56. The summed E-state index contributed by atoms with van der Waals surface area (Å²) in [6.07, 6.45) is 5.24. The molecule has 2 fully saturated rings. The Morgan fingerprint density at radius 2 is 1.79 bits per heavy atom. The van der Waals surface area contributed by atoms with Crippen molar-refractivity contribution in [3.05, 3.63) is 47.9 Å². The Hall–Kier alpha value is -3.23. The lowest BCUT2D eigenvalue weighted by Crippen LogP contribution is -2.54. The number of halogens is 2. The molecule has 1 saturated heterocycles. The van der Waals surface area contributed by atoms with E-state index in [1.165, 1.54) is 18.5 Å². The summed E-state index contributed by atoms with van der Waals surface area (Å²) in [5, 5.41) is 0.909. The van der Waals surface area contributed by atoms with Crippen molar-refractivity contribution in [1.82, 2.24) is 19.4 Å². The molecule has 3 heterocycles. The molecule has 1 aliphatic carbocycles. The Kier molecular flexibility index (Phi) is 5.45. The second kappa shape index (κ2) is 8.21. The van der Waals surface area contributed by atoms with Gasteiger partial charge in [0.05, 0.1) is 11.1 Å². The number of rotatable bonds is 3. The van der Waals surface area contributed by atoms with Crippen LogP contribution in [0.1, 0.15) is 52.0 Å². The van der Waals surface area contributed by atoms with Gasteiger partial charge in [-0.25, -0.2) is 23.5 Å². The molecule has 0 radical (unpaired) electrons. The normalized spacial score (nSPS) is 19.1. The fourth-order valence-corrected chi connectivity index (χ4v) is 4.63. The van der Waals surface area contributed by atoms with Crippen molar-refractivity contribution in [2.45, 2.75) is 58.1 Å². The van der Waals surface area contributed by atoms with E-state index in [-0.39, 0.29) is 12.1 Å². The number of ether oxygens (including phenoxy) is 1. The van der Waals surface area contributed by atoms with Crippen LogP contribution in [-0.2, 0) is 4.74 Å². The van der Waals surface area contributed by atoms with Crippen LogP contribution in [0.15, 0.2) is 30.7 Å². The van der Waals surface area contributed by atoms with Gasteiger partial charge in [-0.05, 0) is 64.2 Å². The highest BCUT2D eigenvalue weighted by Crippen LogP contribution is 2.46. The van der Waals surface area contributed by atoms with Crippen molar-refractivity contribution < 1.29 is 18.3 Å². The zero-order valence-corrected chi connectivity index (χ0v) is 19.9. The number of carbonyl (C=O) groups excluding carboxylic acids is 1. The van der Waals surface area contributed by atoms with Crippen LogP contribution in [0.25, 0.3) is 16.7 Å². The van der Waals surface area contributed by atoms with Crippen molar-refractivity contribution >= 4 is 22.9 Å². The maximum absolute atomic E-state index is 14.0. The van der Waals surface area contributed by atoms with Crippen LogP contribution in [0.2, 0.25) is 0 Å². The van der Waals surface area contributed by atoms with Gasteiger partial charge in [0, 0.05) is 37.9 Å². The van der Waals surface area contributed by atoms with Gasteiger partial charge in [-0.3, -0.25) is 0 Å². The molecule has 1 aliphatic heterocycles. The number of carbonyl (C=O) groups is 1. The Morgan fingerprint density at radius 3 is 2.41 bits per heavy atom. The molecule has 3 aromatic rings. The van der Waals surface area contributed by atoms with Gasteiger partial charge in [0.25, 0.3) is 0 Å². The SMILES string of the molecule is C[C@H]1CN(C(=O)OC(C)(C)C)CCN1c1ncnc2c1c(C1CC1)cn2-c1cc(F)cc(F)c1. The van der Waals surface area contributed by atoms with Gasteiger partial charge in [0.15, 0.2) is 0 Å². The third-order valence-corrected chi connectivity index (χ3v) is 6.29. The first-order valence-corrected chi connectivity index (χ1v) is 11.7. The highest BCUT2D eigenvalue weighted by Gasteiger charge is 2.34. The monoisotopic (exact) mass is 469 g/mol. The quantitative estimate of drug-likeness (QED) is 0.539. The van der Waals surface area contributed by atoms with Crippen LogP contribution in [0.3, 0.4) is 0 Å². The highest BCUT2D eigenvalue weighted by atomic mass is 19.1. The fourth-order valence-electron chi connectivity index (χ4n) is 4.63. The third-order valence-electron chi connectivity index (χ3n) is 6.29. The number of amides is 1. The zero-order valence-electron chi connectivity index (χ0n) is 19.9. The molecular formula is C25H29F2N5O2. The van der Waals surface area contributed by atoms with E-state index in [4.69, 9.17) is 4.74 Å². The van der Waals surface area contributed by atoms with E-state index in [9.17, 15) is 13.6 Å². The zero-order chi connectivity index (χ0) is 24.2. The van der Waals surface area contributed by atoms with E-state index in [0.29, 0.717) is 36.9 Å². The average molecular weight is 470 g/mol. The van der Waals surface area contributed by atoms with E-state index in [1.807, 2.05) is 27.0 Å².